The third kappa shape index (κ3) is 3.55. The van der Waals surface area contributed by atoms with Crippen LogP contribution in [0.15, 0.2) is 58.2 Å². The van der Waals surface area contributed by atoms with Crippen molar-refractivity contribution >= 4 is 22.8 Å². The molecular weight excluding hydrogens is 360 g/mol. The lowest BCUT2D eigenvalue weighted by molar-refractivity contribution is 0.340. The number of nitrogens with zero attached hydrogens (tertiary/aromatic N) is 4. The van der Waals surface area contributed by atoms with Crippen LogP contribution in [0, 0.1) is 6.92 Å². The summed E-state index contributed by atoms with van der Waals surface area (Å²) in [5, 5.41) is 4.76. The maximum atomic E-state index is 5.56. The summed E-state index contributed by atoms with van der Waals surface area (Å²) < 4.78 is 13.0. The maximum Gasteiger partial charge on any atom is 0.239 e. The number of ether oxygens (including phenoxy) is 1. The molecule has 4 aromatic rings. The molecule has 138 valence electrons. The highest BCUT2D eigenvalue weighted by molar-refractivity contribution is 7.99. The van der Waals surface area contributed by atoms with E-state index in [0.717, 1.165) is 27.6 Å². The van der Waals surface area contributed by atoms with Gasteiger partial charge in [0.2, 0.25) is 5.89 Å². The number of aryl methyl sites for hydroxylation is 1. The van der Waals surface area contributed by atoms with Crippen molar-refractivity contribution in [3.8, 4) is 11.4 Å². The Hall–Kier alpha value is -2.80. The molecule has 0 aliphatic heterocycles. The predicted octanol–water partition coefficient (Wildman–Crippen LogP) is 4.97. The van der Waals surface area contributed by atoms with Crippen molar-refractivity contribution in [2.75, 3.05) is 6.61 Å². The Morgan fingerprint density at radius 2 is 1.89 bits per heavy atom. The summed E-state index contributed by atoms with van der Waals surface area (Å²) in [6, 6.07) is 16.2. The second kappa shape index (κ2) is 7.44. The second-order valence-electron chi connectivity index (χ2n) is 6.09. The number of para-hydroxylation sites is 2. The fraction of sp³-hybridized carbons (Fsp3) is 0.250. The van der Waals surface area contributed by atoms with E-state index in [0.29, 0.717) is 18.3 Å². The van der Waals surface area contributed by atoms with Gasteiger partial charge in [0.1, 0.15) is 5.75 Å². The molecule has 0 amide bonds. The Kier molecular flexibility index (Phi) is 4.85. The number of hydrogen-bond donors (Lipinski definition) is 0. The first kappa shape index (κ1) is 17.6. The molecule has 7 heteroatoms. The molecule has 0 aliphatic carbocycles. The highest BCUT2D eigenvalue weighted by Gasteiger charge is 2.20. The van der Waals surface area contributed by atoms with Crippen molar-refractivity contribution in [1.82, 2.24) is 19.7 Å². The topological polar surface area (TPSA) is 66.0 Å². The Labute approximate surface area is 161 Å². The first-order chi connectivity index (χ1) is 13.2. The zero-order chi connectivity index (χ0) is 18.8. The summed E-state index contributed by atoms with van der Waals surface area (Å²) in [5.74, 6) is 2.09. The average Bonchev–Trinajstić information content (AvgIpc) is 3.26. The summed E-state index contributed by atoms with van der Waals surface area (Å²) >= 11 is 1.60. The third-order valence-electron chi connectivity index (χ3n) is 4.11. The maximum absolute atomic E-state index is 5.56. The molecule has 0 saturated carbocycles. The number of rotatable bonds is 6. The van der Waals surface area contributed by atoms with Gasteiger partial charge in [-0.05, 0) is 57.2 Å². The molecule has 0 spiro atoms. The molecule has 6 nitrogen and oxygen atoms in total. The molecular formula is C20H20N4O2S. The van der Waals surface area contributed by atoms with Gasteiger partial charge in [0, 0.05) is 5.69 Å². The number of thioether (sulfide) groups is 1. The quantitative estimate of drug-likeness (QED) is 0.440. The number of aromatic nitrogens is 4. The van der Waals surface area contributed by atoms with Gasteiger partial charge in [-0.2, -0.15) is 4.98 Å². The van der Waals surface area contributed by atoms with Crippen LogP contribution in [0.2, 0.25) is 0 Å². The molecule has 0 aliphatic rings. The van der Waals surface area contributed by atoms with Crippen molar-refractivity contribution in [1.29, 1.82) is 0 Å². The average molecular weight is 380 g/mol. The summed E-state index contributed by atoms with van der Waals surface area (Å²) in [5.41, 5.74) is 3.03. The smallest absolute Gasteiger partial charge is 0.239 e. The Morgan fingerprint density at radius 1 is 1.11 bits per heavy atom. The van der Waals surface area contributed by atoms with Crippen LogP contribution in [0.5, 0.6) is 5.75 Å². The minimum absolute atomic E-state index is 0.00976. The van der Waals surface area contributed by atoms with E-state index in [4.69, 9.17) is 14.2 Å². The largest absolute Gasteiger partial charge is 0.494 e. The van der Waals surface area contributed by atoms with Crippen LogP contribution in [0.3, 0.4) is 0 Å². The van der Waals surface area contributed by atoms with E-state index in [-0.39, 0.29) is 5.25 Å². The van der Waals surface area contributed by atoms with Gasteiger partial charge in [-0.15, -0.1) is 0 Å². The van der Waals surface area contributed by atoms with Crippen LogP contribution in [0.4, 0.5) is 0 Å². The second-order valence-corrected chi connectivity index (χ2v) is 7.39. The Morgan fingerprint density at radius 3 is 2.59 bits per heavy atom. The molecule has 0 saturated heterocycles. The van der Waals surface area contributed by atoms with Gasteiger partial charge in [-0.1, -0.05) is 29.1 Å². The van der Waals surface area contributed by atoms with Crippen LogP contribution in [-0.4, -0.2) is 26.3 Å². The van der Waals surface area contributed by atoms with Gasteiger partial charge >= 0.3 is 0 Å². The minimum Gasteiger partial charge on any atom is -0.494 e. The van der Waals surface area contributed by atoms with Crippen molar-refractivity contribution < 1.29 is 9.26 Å². The SMILES string of the molecule is CCOc1ccc(-n2c(S[C@@H](C)c3nc(C)no3)nc3ccccc32)cc1. The summed E-state index contributed by atoms with van der Waals surface area (Å²) in [4.78, 5) is 9.17. The van der Waals surface area contributed by atoms with Crippen LogP contribution >= 0.6 is 11.8 Å². The van der Waals surface area contributed by atoms with E-state index < -0.39 is 0 Å². The van der Waals surface area contributed by atoms with Gasteiger partial charge in [0.15, 0.2) is 11.0 Å². The summed E-state index contributed by atoms with van der Waals surface area (Å²) in [6.45, 7) is 6.49. The molecule has 0 unspecified atom stereocenters. The Bertz CT molecular complexity index is 1060. The Balaban J connectivity index is 1.75. The predicted molar refractivity (Wildman–Crippen MR) is 106 cm³/mol. The lowest BCUT2D eigenvalue weighted by Crippen LogP contribution is -1.99. The van der Waals surface area contributed by atoms with Crippen molar-refractivity contribution in [2.45, 2.75) is 31.2 Å². The van der Waals surface area contributed by atoms with E-state index in [9.17, 15) is 0 Å². The van der Waals surface area contributed by atoms with Crippen LogP contribution in [0.25, 0.3) is 16.7 Å². The van der Waals surface area contributed by atoms with E-state index in [2.05, 4.69) is 20.8 Å². The van der Waals surface area contributed by atoms with Crippen LogP contribution in [-0.2, 0) is 0 Å². The zero-order valence-corrected chi connectivity index (χ0v) is 16.2. The van der Waals surface area contributed by atoms with Crippen LogP contribution in [0.1, 0.15) is 30.8 Å². The lowest BCUT2D eigenvalue weighted by atomic mass is 10.2. The molecule has 2 aromatic carbocycles. The normalized spacial score (nSPS) is 12.4. The van der Waals surface area contributed by atoms with Crippen LogP contribution < -0.4 is 4.74 Å². The minimum atomic E-state index is -0.00976. The van der Waals surface area contributed by atoms with Gasteiger partial charge < -0.3 is 9.26 Å². The number of benzene rings is 2. The molecule has 0 radical (unpaired) electrons. The molecule has 27 heavy (non-hydrogen) atoms. The fourth-order valence-electron chi connectivity index (χ4n) is 2.88. The zero-order valence-electron chi connectivity index (χ0n) is 15.4. The standard InChI is InChI=1S/C20H20N4O2S/c1-4-25-16-11-9-15(10-12-16)24-18-8-6-5-7-17(18)22-20(24)27-13(2)19-21-14(3)23-26-19/h5-13H,4H2,1-3H3/t13-/m0/s1. The van der Waals surface area contributed by atoms with E-state index in [1.165, 1.54) is 0 Å². The monoisotopic (exact) mass is 380 g/mol. The van der Waals surface area contributed by atoms with Gasteiger partial charge in [-0.25, -0.2) is 4.98 Å². The third-order valence-corrected chi connectivity index (χ3v) is 5.15. The van der Waals surface area contributed by atoms with E-state index in [1.807, 2.05) is 63.2 Å². The fourth-order valence-corrected chi connectivity index (χ4v) is 3.85. The molecule has 0 fully saturated rings. The number of hydrogen-bond acceptors (Lipinski definition) is 6. The lowest BCUT2D eigenvalue weighted by Gasteiger charge is -2.12. The first-order valence-electron chi connectivity index (χ1n) is 8.83. The molecule has 0 bridgehead atoms. The highest BCUT2D eigenvalue weighted by Crippen LogP contribution is 2.37. The van der Waals surface area contributed by atoms with E-state index >= 15 is 0 Å². The number of fused-ring (bicyclic) bond motifs is 1. The highest BCUT2D eigenvalue weighted by atomic mass is 32.2. The van der Waals surface area contributed by atoms with Crippen molar-refractivity contribution in [3.05, 3.63) is 60.2 Å². The molecule has 4 rings (SSSR count). The molecule has 2 heterocycles. The summed E-state index contributed by atoms with van der Waals surface area (Å²) in [7, 11) is 0. The molecule has 1 atom stereocenters. The van der Waals surface area contributed by atoms with Gasteiger partial charge in [0.05, 0.1) is 22.9 Å². The van der Waals surface area contributed by atoms with E-state index in [1.54, 1.807) is 11.8 Å². The molecule has 2 aromatic heterocycles. The van der Waals surface area contributed by atoms with Crippen molar-refractivity contribution in [2.24, 2.45) is 0 Å². The number of imidazole rings is 1. The molecule has 0 N–H and O–H groups in total. The first-order valence-corrected chi connectivity index (χ1v) is 9.71. The van der Waals surface area contributed by atoms with Gasteiger partial charge in [-0.3, -0.25) is 4.57 Å². The van der Waals surface area contributed by atoms with Gasteiger partial charge in [0.25, 0.3) is 0 Å². The van der Waals surface area contributed by atoms with Crippen molar-refractivity contribution in [3.63, 3.8) is 0 Å². The summed E-state index contributed by atoms with van der Waals surface area (Å²) in [6.07, 6.45) is 0.